The minimum Gasteiger partial charge on any atom is -0.494 e. The van der Waals surface area contributed by atoms with E-state index in [-0.39, 0.29) is 11.5 Å². The number of hydrogen-bond acceptors (Lipinski definition) is 5. The van der Waals surface area contributed by atoms with Crippen LogP contribution in [0.15, 0.2) is 11.1 Å². The molecular weight excluding hydrogens is 280 g/mol. The highest BCUT2D eigenvalue weighted by Crippen LogP contribution is 2.35. The van der Waals surface area contributed by atoms with Crippen LogP contribution < -0.4 is 9.47 Å². The van der Waals surface area contributed by atoms with Gasteiger partial charge in [-0.1, -0.05) is 0 Å². The topological polar surface area (TPSA) is 65.5 Å². The summed E-state index contributed by atoms with van der Waals surface area (Å²) in [7, 11) is 3.09. The smallest absolute Gasteiger partial charge is 0.284 e. The highest BCUT2D eigenvalue weighted by Gasteiger charge is 2.26. The van der Waals surface area contributed by atoms with Gasteiger partial charge in [-0.3, -0.25) is 0 Å². The van der Waals surface area contributed by atoms with Gasteiger partial charge in [0.2, 0.25) is 5.03 Å². The molecule has 0 aromatic carbocycles. The second kappa shape index (κ2) is 5.01. The number of alkyl halides is 2. The highest BCUT2D eigenvalue weighted by molar-refractivity contribution is 8.13. The summed E-state index contributed by atoms with van der Waals surface area (Å²) in [4.78, 5) is 3.27. The molecule has 9 heteroatoms. The summed E-state index contributed by atoms with van der Waals surface area (Å²) in [6.07, 6.45) is -2.99. The van der Waals surface area contributed by atoms with Crippen molar-refractivity contribution >= 4 is 19.7 Å². The van der Waals surface area contributed by atoms with E-state index >= 15 is 0 Å². The zero-order valence-electron chi connectivity index (χ0n) is 8.78. The van der Waals surface area contributed by atoms with Gasteiger partial charge in [0, 0.05) is 16.7 Å². The van der Waals surface area contributed by atoms with E-state index in [4.69, 9.17) is 15.4 Å². The lowest BCUT2D eigenvalue weighted by Gasteiger charge is -2.11. The van der Waals surface area contributed by atoms with Gasteiger partial charge in [-0.15, -0.1) is 0 Å². The second-order valence-corrected chi connectivity index (χ2v) is 5.30. The molecule has 0 radical (unpaired) electrons. The van der Waals surface area contributed by atoms with Crippen LogP contribution in [-0.2, 0) is 9.05 Å². The zero-order valence-corrected chi connectivity index (χ0v) is 10.3. The predicted octanol–water partition coefficient (Wildman–Crippen LogP) is 1.96. The molecule has 0 saturated carbocycles. The molecule has 0 aliphatic heterocycles. The van der Waals surface area contributed by atoms with Crippen LogP contribution in [0, 0.1) is 0 Å². The number of rotatable bonds is 4. The van der Waals surface area contributed by atoms with Gasteiger partial charge in [0.15, 0.2) is 5.75 Å². The third kappa shape index (κ3) is 2.95. The van der Waals surface area contributed by atoms with Crippen molar-refractivity contribution in [1.82, 2.24) is 4.98 Å². The molecule has 0 saturated heterocycles. The summed E-state index contributed by atoms with van der Waals surface area (Å²) < 4.78 is 56.8. The maximum absolute atomic E-state index is 12.6. The lowest BCUT2D eigenvalue weighted by molar-refractivity contribution is 0.140. The van der Waals surface area contributed by atoms with E-state index in [1.165, 1.54) is 0 Å². The number of pyridine rings is 1. The Hall–Kier alpha value is -1.15. The van der Waals surface area contributed by atoms with Crippen molar-refractivity contribution in [1.29, 1.82) is 0 Å². The van der Waals surface area contributed by atoms with Crippen molar-refractivity contribution in [3.8, 4) is 11.5 Å². The van der Waals surface area contributed by atoms with E-state index in [0.29, 0.717) is 0 Å². The molecule has 1 rings (SSSR count). The standard InChI is InChI=1S/C8H8ClF2NO4S/c1-15-4-3-5(16-2)8(17(9,13)14)12-6(4)7(10)11/h3,7H,1-2H3. The number of methoxy groups -OCH3 is 2. The molecular formula is C8H8ClF2NO4S. The minimum absolute atomic E-state index is 0.263. The van der Waals surface area contributed by atoms with E-state index in [2.05, 4.69) is 9.72 Å². The molecule has 0 aliphatic rings. The summed E-state index contributed by atoms with van der Waals surface area (Å²) >= 11 is 0. The third-order valence-electron chi connectivity index (χ3n) is 1.82. The first kappa shape index (κ1) is 13.9. The molecule has 0 N–H and O–H groups in total. The van der Waals surface area contributed by atoms with E-state index in [1.54, 1.807) is 0 Å². The Balaban J connectivity index is 3.56. The number of aromatic nitrogens is 1. The van der Waals surface area contributed by atoms with Crippen molar-refractivity contribution in [2.45, 2.75) is 11.5 Å². The van der Waals surface area contributed by atoms with Gasteiger partial charge < -0.3 is 9.47 Å². The highest BCUT2D eigenvalue weighted by atomic mass is 35.7. The number of ether oxygens (including phenoxy) is 2. The van der Waals surface area contributed by atoms with Crippen molar-refractivity contribution in [2.24, 2.45) is 0 Å². The van der Waals surface area contributed by atoms with Crippen LogP contribution in [0.3, 0.4) is 0 Å². The zero-order chi connectivity index (χ0) is 13.2. The molecule has 0 fully saturated rings. The maximum Gasteiger partial charge on any atom is 0.284 e. The number of hydrogen-bond donors (Lipinski definition) is 0. The van der Waals surface area contributed by atoms with E-state index in [1.807, 2.05) is 0 Å². The first-order valence-corrected chi connectivity index (χ1v) is 6.48. The fourth-order valence-electron chi connectivity index (χ4n) is 1.12. The lowest BCUT2D eigenvalue weighted by Crippen LogP contribution is -2.05. The quantitative estimate of drug-likeness (QED) is 0.792. The van der Waals surface area contributed by atoms with Crippen LogP contribution in [-0.4, -0.2) is 27.6 Å². The Morgan fingerprint density at radius 2 is 1.82 bits per heavy atom. The van der Waals surface area contributed by atoms with Gasteiger partial charge in [-0.2, -0.15) is 0 Å². The van der Waals surface area contributed by atoms with Crippen LogP contribution >= 0.6 is 10.7 Å². The Labute approximate surface area is 101 Å². The second-order valence-electron chi connectivity index (χ2n) is 2.82. The molecule has 1 aromatic rings. The first-order chi connectivity index (χ1) is 7.81. The summed E-state index contributed by atoms with van der Waals surface area (Å²) in [5.74, 6) is -0.540. The molecule has 5 nitrogen and oxygen atoms in total. The van der Waals surface area contributed by atoms with Crippen LogP contribution in [0.1, 0.15) is 12.1 Å². The minimum atomic E-state index is -4.28. The summed E-state index contributed by atoms with van der Waals surface area (Å²) in [5.41, 5.74) is -0.812. The van der Waals surface area contributed by atoms with Crippen molar-refractivity contribution in [2.75, 3.05) is 14.2 Å². The lowest BCUT2D eigenvalue weighted by atomic mass is 10.3. The van der Waals surface area contributed by atoms with E-state index < -0.39 is 26.2 Å². The monoisotopic (exact) mass is 287 g/mol. The van der Waals surface area contributed by atoms with Gasteiger partial charge in [0.1, 0.15) is 11.4 Å². The molecule has 0 amide bonds. The Morgan fingerprint density at radius 3 is 2.18 bits per heavy atom. The molecule has 96 valence electrons. The summed E-state index contributed by atoms with van der Waals surface area (Å²) in [6.45, 7) is 0. The molecule has 0 atom stereocenters. The molecule has 0 bridgehead atoms. The normalized spacial score (nSPS) is 11.6. The molecule has 0 aliphatic carbocycles. The van der Waals surface area contributed by atoms with Crippen LogP contribution in [0.5, 0.6) is 11.5 Å². The van der Waals surface area contributed by atoms with E-state index in [0.717, 1.165) is 20.3 Å². The van der Waals surface area contributed by atoms with E-state index in [9.17, 15) is 17.2 Å². The van der Waals surface area contributed by atoms with Crippen molar-refractivity contribution < 1.29 is 26.7 Å². The molecule has 0 spiro atoms. The molecule has 17 heavy (non-hydrogen) atoms. The van der Waals surface area contributed by atoms with Crippen LogP contribution in [0.4, 0.5) is 8.78 Å². The maximum atomic E-state index is 12.6. The van der Waals surface area contributed by atoms with Crippen molar-refractivity contribution in [3.63, 3.8) is 0 Å². The average Bonchev–Trinajstić information content (AvgIpc) is 2.25. The average molecular weight is 288 g/mol. The SMILES string of the molecule is COc1cc(OC)c(S(=O)(=O)Cl)nc1C(F)F. The fraction of sp³-hybridized carbons (Fsp3) is 0.375. The molecule has 1 aromatic heterocycles. The van der Waals surface area contributed by atoms with Crippen molar-refractivity contribution in [3.05, 3.63) is 11.8 Å². The number of halogens is 3. The Morgan fingerprint density at radius 1 is 1.29 bits per heavy atom. The predicted molar refractivity (Wildman–Crippen MR) is 55.3 cm³/mol. The van der Waals surface area contributed by atoms with Gasteiger partial charge in [-0.25, -0.2) is 22.2 Å². The molecule has 0 unspecified atom stereocenters. The van der Waals surface area contributed by atoms with Crippen LogP contribution in [0.25, 0.3) is 0 Å². The van der Waals surface area contributed by atoms with Gasteiger partial charge in [0.05, 0.1) is 14.2 Å². The first-order valence-electron chi connectivity index (χ1n) is 4.17. The number of nitrogens with zero attached hydrogens (tertiary/aromatic N) is 1. The fourth-order valence-corrected chi connectivity index (χ4v) is 2.04. The summed E-state index contributed by atoms with van der Waals surface area (Å²) in [5, 5.41) is -0.766. The Bertz CT molecular complexity index is 521. The van der Waals surface area contributed by atoms with Gasteiger partial charge >= 0.3 is 0 Å². The largest absolute Gasteiger partial charge is 0.494 e. The Kier molecular flexibility index (Phi) is 4.10. The van der Waals surface area contributed by atoms with Crippen LogP contribution in [0.2, 0.25) is 0 Å². The summed E-state index contributed by atoms with van der Waals surface area (Å²) in [6, 6.07) is 0.990. The third-order valence-corrected chi connectivity index (χ3v) is 3.02. The molecule has 1 heterocycles. The van der Waals surface area contributed by atoms with Gasteiger partial charge in [-0.05, 0) is 0 Å². The van der Waals surface area contributed by atoms with Gasteiger partial charge in [0.25, 0.3) is 15.5 Å².